The number of methoxy groups -OCH3 is 2. The van der Waals surface area contributed by atoms with Gasteiger partial charge in [0.15, 0.2) is 0 Å². The van der Waals surface area contributed by atoms with Crippen molar-refractivity contribution in [2.75, 3.05) is 32.7 Å². The van der Waals surface area contributed by atoms with Crippen molar-refractivity contribution in [3.8, 4) is 11.5 Å². The van der Waals surface area contributed by atoms with E-state index in [1.165, 1.54) is 0 Å². The molecule has 0 atom stereocenters. The van der Waals surface area contributed by atoms with Gasteiger partial charge in [-0.2, -0.15) is 0 Å². The Bertz CT molecular complexity index is 878. The maximum absolute atomic E-state index is 12.9. The predicted octanol–water partition coefficient (Wildman–Crippen LogP) is 2.89. The second-order valence-electron chi connectivity index (χ2n) is 6.60. The highest BCUT2D eigenvalue weighted by Gasteiger charge is 2.24. The Morgan fingerprint density at radius 3 is 2.56 bits per heavy atom. The van der Waals surface area contributed by atoms with Gasteiger partial charge in [-0.3, -0.25) is 9.59 Å². The van der Waals surface area contributed by atoms with Crippen LogP contribution < -0.4 is 14.4 Å². The summed E-state index contributed by atoms with van der Waals surface area (Å²) >= 11 is 0. The van der Waals surface area contributed by atoms with Crippen molar-refractivity contribution in [2.24, 2.45) is 0 Å². The monoisotopic (exact) mass is 368 g/mol. The van der Waals surface area contributed by atoms with Crippen molar-refractivity contribution >= 4 is 17.5 Å². The van der Waals surface area contributed by atoms with E-state index in [1.54, 1.807) is 50.1 Å². The highest BCUT2D eigenvalue weighted by atomic mass is 16.5. The number of nitrogens with zero attached hydrogens (tertiary/aromatic N) is 2. The topological polar surface area (TPSA) is 59.1 Å². The predicted molar refractivity (Wildman–Crippen MR) is 104 cm³/mol. The van der Waals surface area contributed by atoms with Gasteiger partial charge in [-0.15, -0.1) is 0 Å². The molecular weight excluding hydrogens is 344 g/mol. The standard InChI is InChI=1S/C21H24N2O4/c1-14(24)23-10-9-15-11-16(6-8-19(15)23)21(25)22(2)13-17-5-7-18(26-3)12-20(17)27-4/h5-8,11-12H,9-10,13H2,1-4H3. The zero-order chi connectivity index (χ0) is 19.6. The molecule has 1 aliphatic heterocycles. The number of anilines is 1. The first-order valence-electron chi connectivity index (χ1n) is 8.82. The number of benzene rings is 2. The first-order valence-corrected chi connectivity index (χ1v) is 8.82. The Kier molecular flexibility index (Phi) is 5.35. The number of amides is 2. The lowest BCUT2D eigenvalue weighted by atomic mass is 10.1. The third-order valence-corrected chi connectivity index (χ3v) is 4.85. The second kappa shape index (κ2) is 7.70. The highest BCUT2D eigenvalue weighted by Crippen LogP contribution is 2.30. The second-order valence-corrected chi connectivity index (χ2v) is 6.60. The molecule has 0 aromatic heterocycles. The summed E-state index contributed by atoms with van der Waals surface area (Å²) in [4.78, 5) is 27.9. The minimum absolute atomic E-state index is 0.0246. The van der Waals surface area contributed by atoms with Crippen LogP contribution in [0.4, 0.5) is 5.69 Å². The van der Waals surface area contributed by atoms with Crippen LogP contribution in [0.1, 0.15) is 28.4 Å². The molecule has 0 saturated heterocycles. The van der Waals surface area contributed by atoms with Crippen LogP contribution in [0.2, 0.25) is 0 Å². The van der Waals surface area contributed by atoms with E-state index in [4.69, 9.17) is 9.47 Å². The van der Waals surface area contributed by atoms with E-state index >= 15 is 0 Å². The average Bonchev–Trinajstić information content (AvgIpc) is 3.11. The van der Waals surface area contributed by atoms with Crippen molar-refractivity contribution in [2.45, 2.75) is 19.9 Å². The van der Waals surface area contributed by atoms with Crippen molar-refractivity contribution in [1.82, 2.24) is 4.90 Å². The molecule has 0 unspecified atom stereocenters. The molecule has 2 amide bonds. The van der Waals surface area contributed by atoms with Gasteiger partial charge in [-0.05, 0) is 42.3 Å². The molecule has 0 radical (unpaired) electrons. The molecule has 1 heterocycles. The van der Waals surface area contributed by atoms with Crippen LogP contribution in [0.15, 0.2) is 36.4 Å². The van der Waals surface area contributed by atoms with E-state index in [2.05, 4.69) is 0 Å². The Morgan fingerprint density at radius 1 is 1.11 bits per heavy atom. The maximum Gasteiger partial charge on any atom is 0.253 e. The van der Waals surface area contributed by atoms with Gasteiger partial charge in [0.05, 0.1) is 14.2 Å². The van der Waals surface area contributed by atoms with Crippen molar-refractivity contribution in [3.63, 3.8) is 0 Å². The smallest absolute Gasteiger partial charge is 0.253 e. The van der Waals surface area contributed by atoms with E-state index < -0.39 is 0 Å². The summed E-state index contributed by atoms with van der Waals surface area (Å²) in [6, 6.07) is 11.1. The number of fused-ring (bicyclic) bond motifs is 1. The number of hydrogen-bond donors (Lipinski definition) is 0. The number of ether oxygens (including phenoxy) is 2. The summed E-state index contributed by atoms with van der Waals surface area (Å²) in [7, 11) is 4.97. The summed E-state index contributed by atoms with van der Waals surface area (Å²) in [5.74, 6) is 1.34. The number of hydrogen-bond acceptors (Lipinski definition) is 4. The fourth-order valence-corrected chi connectivity index (χ4v) is 3.39. The lowest BCUT2D eigenvalue weighted by molar-refractivity contribution is -0.116. The highest BCUT2D eigenvalue weighted by molar-refractivity contribution is 5.97. The summed E-state index contributed by atoms with van der Waals surface area (Å²) in [6.07, 6.45) is 0.770. The third-order valence-electron chi connectivity index (χ3n) is 4.85. The van der Waals surface area contributed by atoms with Gasteiger partial charge in [0, 0.05) is 49.9 Å². The van der Waals surface area contributed by atoms with Gasteiger partial charge in [-0.1, -0.05) is 0 Å². The molecule has 0 N–H and O–H groups in total. The van der Waals surface area contributed by atoms with E-state index in [1.807, 2.05) is 24.3 Å². The summed E-state index contributed by atoms with van der Waals surface area (Å²) in [6.45, 7) is 2.65. The molecule has 0 saturated carbocycles. The van der Waals surface area contributed by atoms with Gasteiger partial charge in [0.2, 0.25) is 5.91 Å². The van der Waals surface area contributed by atoms with Gasteiger partial charge in [-0.25, -0.2) is 0 Å². The fraction of sp³-hybridized carbons (Fsp3) is 0.333. The minimum Gasteiger partial charge on any atom is -0.497 e. The Balaban J connectivity index is 1.78. The fourth-order valence-electron chi connectivity index (χ4n) is 3.39. The van der Waals surface area contributed by atoms with Gasteiger partial charge in [0.25, 0.3) is 5.91 Å². The van der Waals surface area contributed by atoms with Crippen LogP contribution in [0.25, 0.3) is 0 Å². The molecule has 3 rings (SSSR count). The van der Waals surface area contributed by atoms with E-state index in [-0.39, 0.29) is 11.8 Å². The van der Waals surface area contributed by atoms with Gasteiger partial charge >= 0.3 is 0 Å². The Labute approximate surface area is 159 Å². The Hall–Kier alpha value is -3.02. The molecule has 0 bridgehead atoms. The molecule has 6 nitrogen and oxygen atoms in total. The lowest BCUT2D eigenvalue weighted by Gasteiger charge is -2.20. The normalized spacial score (nSPS) is 12.5. The minimum atomic E-state index is -0.0723. The Morgan fingerprint density at radius 2 is 1.89 bits per heavy atom. The first-order chi connectivity index (χ1) is 12.9. The van der Waals surface area contributed by atoms with Crippen LogP contribution in [-0.4, -0.2) is 44.5 Å². The average molecular weight is 368 g/mol. The van der Waals surface area contributed by atoms with Crippen molar-refractivity contribution < 1.29 is 19.1 Å². The number of carbonyl (C=O) groups is 2. The molecule has 2 aromatic rings. The molecule has 27 heavy (non-hydrogen) atoms. The quantitative estimate of drug-likeness (QED) is 0.814. The molecule has 1 aliphatic rings. The van der Waals surface area contributed by atoms with Crippen molar-refractivity contribution in [1.29, 1.82) is 0 Å². The summed E-state index contributed by atoms with van der Waals surface area (Å²) in [5, 5.41) is 0. The lowest BCUT2D eigenvalue weighted by Crippen LogP contribution is -2.27. The maximum atomic E-state index is 12.9. The van der Waals surface area contributed by atoms with Crippen LogP contribution in [0.5, 0.6) is 11.5 Å². The molecule has 0 spiro atoms. The molecule has 0 fully saturated rings. The van der Waals surface area contributed by atoms with Crippen LogP contribution in [0.3, 0.4) is 0 Å². The van der Waals surface area contributed by atoms with Crippen LogP contribution in [0, 0.1) is 0 Å². The van der Waals surface area contributed by atoms with E-state index in [9.17, 15) is 9.59 Å². The largest absolute Gasteiger partial charge is 0.497 e. The molecule has 142 valence electrons. The first kappa shape index (κ1) is 18.8. The molecule has 2 aromatic carbocycles. The van der Waals surface area contributed by atoms with Gasteiger partial charge < -0.3 is 19.3 Å². The third kappa shape index (κ3) is 3.74. The molecule has 6 heteroatoms. The summed E-state index contributed by atoms with van der Waals surface area (Å²) < 4.78 is 10.6. The number of carbonyl (C=O) groups excluding carboxylic acids is 2. The summed E-state index contributed by atoms with van der Waals surface area (Å²) in [5.41, 5.74) is 3.46. The van der Waals surface area contributed by atoms with Gasteiger partial charge in [0.1, 0.15) is 11.5 Å². The molecule has 0 aliphatic carbocycles. The SMILES string of the molecule is COc1ccc(CN(C)C(=O)c2ccc3c(c2)CCN3C(C)=O)c(OC)c1. The van der Waals surface area contributed by atoms with Crippen LogP contribution >= 0.6 is 0 Å². The van der Waals surface area contributed by atoms with Crippen LogP contribution in [-0.2, 0) is 17.8 Å². The zero-order valence-corrected chi connectivity index (χ0v) is 16.1. The zero-order valence-electron chi connectivity index (χ0n) is 16.1. The van der Waals surface area contributed by atoms with E-state index in [0.29, 0.717) is 30.2 Å². The van der Waals surface area contributed by atoms with E-state index in [0.717, 1.165) is 23.2 Å². The number of rotatable bonds is 5. The van der Waals surface area contributed by atoms with Crippen molar-refractivity contribution in [3.05, 3.63) is 53.1 Å². The molecular formula is C21H24N2O4.